The highest BCUT2D eigenvalue weighted by molar-refractivity contribution is 5.97. The van der Waals surface area contributed by atoms with Crippen molar-refractivity contribution in [3.63, 3.8) is 0 Å². The number of ether oxygens (including phenoxy) is 2. The van der Waals surface area contributed by atoms with Gasteiger partial charge in [-0.2, -0.15) is 0 Å². The predicted molar refractivity (Wildman–Crippen MR) is 147 cm³/mol. The molecule has 0 saturated heterocycles. The molecule has 0 fully saturated rings. The molecule has 0 unspecified atom stereocenters. The Bertz CT molecular complexity index is 1570. The Balaban J connectivity index is 1.34. The van der Waals surface area contributed by atoms with Crippen LogP contribution in [0.3, 0.4) is 0 Å². The maximum absolute atomic E-state index is 12.7. The van der Waals surface area contributed by atoms with Crippen LogP contribution in [0.5, 0.6) is 5.75 Å². The normalized spacial score (nSPS) is 10.7. The number of aromatic nitrogens is 2. The van der Waals surface area contributed by atoms with Gasteiger partial charge in [0.05, 0.1) is 34.6 Å². The summed E-state index contributed by atoms with van der Waals surface area (Å²) in [5.41, 5.74) is 5.40. The molecule has 0 aliphatic rings. The molecule has 7 heteroatoms. The zero-order valence-corrected chi connectivity index (χ0v) is 20.8. The number of hydrogen-bond acceptors (Lipinski definition) is 6. The van der Waals surface area contributed by atoms with Crippen LogP contribution in [-0.2, 0) is 9.53 Å². The van der Waals surface area contributed by atoms with Crippen molar-refractivity contribution in [3.05, 3.63) is 109 Å². The molecule has 0 bridgehead atoms. The monoisotopic (exact) mass is 503 g/mol. The molecule has 0 aliphatic heterocycles. The number of carbonyl (C=O) groups excluding carboxylic acids is 2. The minimum atomic E-state index is -0.621. The van der Waals surface area contributed by atoms with Gasteiger partial charge in [0, 0.05) is 16.8 Å². The zero-order chi connectivity index (χ0) is 26.3. The maximum Gasteiger partial charge on any atom is 0.338 e. The van der Waals surface area contributed by atoms with Crippen LogP contribution in [-0.4, -0.2) is 35.1 Å². The highest BCUT2D eigenvalue weighted by Gasteiger charge is 2.16. The summed E-state index contributed by atoms with van der Waals surface area (Å²) in [5, 5.41) is 2.70. The van der Waals surface area contributed by atoms with Crippen LogP contribution in [0.2, 0.25) is 0 Å². The number of esters is 1. The van der Waals surface area contributed by atoms with Gasteiger partial charge in [-0.15, -0.1) is 0 Å². The first-order chi connectivity index (χ1) is 18.6. The van der Waals surface area contributed by atoms with Crippen LogP contribution in [0.15, 0.2) is 103 Å². The largest absolute Gasteiger partial charge is 0.494 e. The highest BCUT2D eigenvalue weighted by Crippen LogP contribution is 2.31. The number of carbonyl (C=O) groups is 2. The first-order valence-electron chi connectivity index (χ1n) is 12.2. The molecule has 5 aromatic rings. The average molecular weight is 504 g/mol. The minimum Gasteiger partial charge on any atom is -0.494 e. The Morgan fingerprint density at radius 3 is 1.95 bits per heavy atom. The van der Waals surface area contributed by atoms with Crippen molar-refractivity contribution in [1.29, 1.82) is 0 Å². The van der Waals surface area contributed by atoms with Crippen molar-refractivity contribution >= 4 is 28.6 Å². The van der Waals surface area contributed by atoms with Gasteiger partial charge in [-0.1, -0.05) is 60.7 Å². The fourth-order valence-corrected chi connectivity index (χ4v) is 3.99. The number of hydrogen-bond donors (Lipinski definition) is 1. The fourth-order valence-electron chi connectivity index (χ4n) is 3.99. The summed E-state index contributed by atoms with van der Waals surface area (Å²) < 4.78 is 10.7. The lowest BCUT2D eigenvalue weighted by Crippen LogP contribution is -2.20. The zero-order valence-electron chi connectivity index (χ0n) is 20.8. The number of fused-ring (bicyclic) bond motifs is 1. The standard InChI is InChI=1S/C31H25N3O4/c1-2-37-25-16-14-24(15-17-25)32-28(35)20-38-31(36)23-13-18-26-27(19-23)34-30(22-11-7-4-8-12-22)29(33-26)21-9-5-3-6-10-21/h3-19H,2,20H2,1H3,(H,32,35). The molecule has 1 N–H and O–H groups in total. The molecule has 1 amide bonds. The molecule has 0 spiro atoms. The quantitative estimate of drug-likeness (QED) is 0.255. The van der Waals surface area contributed by atoms with Crippen LogP contribution in [0.4, 0.5) is 5.69 Å². The molecule has 5 rings (SSSR count). The third-order valence-corrected chi connectivity index (χ3v) is 5.78. The van der Waals surface area contributed by atoms with E-state index in [1.54, 1.807) is 42.5 Å². The summed E-state index contributed by atoms with van der Waals surface area (Å²) >= 11 is 0. The number of nitrogens with zero attached hydrogens (tertiary/aromatic N) is 2. The van der Waals surface area contributed by atoms with Crippen LogP contribution in [0.1, 0.15) is 17.3 Å². The first kappa shape index (κ1) is 24.6. The first-order valence-corrected chi connectivity index (χ1v) is 12.2. The maximum atomic E-state index is 12.7. The average Bonchev–Trinajstić information content (AvgIpc) is 2.97. The van der Waals surface area contributed by atoms with Crippen molar-refractivity contribution in [1.82, 2.24) is 9.97 Å². The number of rotatable bonds is 8. The molecular formula is C31H25N3O4. The second-order valence-electron chi connectivity index (χ2n) is 8.44. The van der Waals surface area contributed by atoms with E-state index in [0.29, 0.717) is 34.8 Å². The van der Waals surface area contributed by atoms with Gasteiger partial charge < -0.3 is 14.8 Å². The third kappa shape index (κ3) is 5.68. The summed E-state index contributed by atoms with van der Waals surface area (Å²) in [6.45, 7) is 2.04. The van der Waals surface area contributed by atoms with E-state index in [1.165, 1.54) is 0 Å². The molecule has 0 aliphatic carbocycles. The topological polar surface area (TPSA) is 90.4 Å². The van der Waals surface area contributed by atoms with Crippen molar-refractivity contribution in [2.24, 2.45) is 0 Å². The van der Waals surface area contributed by atoms with Gasteiger partial charge in [0.15, 0.2) is 6.61 Å². The van der Waals surface area contributed by atoms with Crippen LogP contribution in [0, 0.1) is 0 Å². The van der Waals surface area contributed by atoms with Gasteiger partial charge in [-0.05, 0) is 49.4 Å². The van der Waals surface area contributed by atoms with Gasteiger partial charge in [0.2, 0.25) is 0 Å². The Morgan fingerprint density at radius 2 is 1.34 bits per heavy atom. The molecule has 0 atom stereocenters. The molecule has 0 radical (unpaired) electrons. The fraction of sp³-hybridized carbons (Fsp3) is 0.0968. The van der Waals surface area contributed by atoms with E-state index in [4.69, 9.17) is 19.4 Å². The molecule has 4 aromatic carbocycles. The van der Waals surface area contributed by atoms with Crippen LogP contribution >= 0.6 is 0 Å². The second-order valence-corrected chi connectivity index (χ2v) is 8.44. The van der Waals surface area contributed by atoms with Gasteiger partial charge >= 0.3 is 5.97 Å². The Hall–Kier alpha value is -5.04. The van der Waals surface area contributed by atoms with E-state index >= 15 is 0 Å². The van der Waals surface area contributed by atoms with E-state index in [2.05, 4.69) is 5.32 Å². The third-order valence-electron chi connectivity index (χ3n) is 5.78. The molecule has 188 valence electrons. The van der Waals surface area contributed by atoms with E-state index < -0.39 is 18.5 Å². The van der Waals surface area contributed by atoms with E-state index in [9.17, 15) is 9.59 Å². The van der Waals surface area contributed by atoms with E-state index in [0.717, 1.165) is 16.8 Å². The van der Waals surface area contributed by atoms with E-state index in [1.807, 2.05) is 67.6 Å². The SMILES string of the molecule is CCOc1ccc(NC(=O)COC(=O)c2ccc3nc(-c4ccccc4)c(-c4ccccc4)nc3c2)cc1. The summed E-state index contributed by atoms with van der Waals surface area (Å²) in [4.78, 5) is 34.8. The number of nitrogens with one attached hydrogen (secondary N) is 1. The summed E-state index contributed by atoms with van der Waals surface area (Å²) in [6.07, 6.45) is 0. The van der Waals surface area contributed by atoms with Gasteiger partial charge in [0.1, 0.15) is 5.75 Å². The Kier molecular flexibility index (Phi) is 7.36. The number of benzene rings is 4. The van der Waals surface area contributed by atoms with Crippen molar-refractivity contribution in [2.45, 2.75) is 6.92 Å². The predicted octanol–water partition coefficient (Wildman–Crippen LogP) is 6.16. The lowest BCUT2D eigenvalue weighted by molar-refractivity contribution is -0.119. The molecule has 7 nitrogen and oxygen atoms in total. The van der Waals surface area contributed by atoms with Gasteiger partial charge in [-0.25, -0.2) is 14.8 Å². The highest BCUT2D eigenvalue weighted by atomic mass is 16.5. The summed E-state index contributed by atoms with van der Waals surface area (Å²) in [7, 11) is 0. The molecular weight excluding hydrogens is 478 g/mol. The number of anilines is 1. The van der Waals surface area contributed by atoms with Crippen LogP contribution in [0.25, 0.3) is 33.5 Å². The van der Waals surface area contributed by atoms with Gasteiger partial charge in [0.25, 0.3) is 5.91 Å². The lowest BCUT2D eigenvalue weighted by Gasteiger charge is -2.11. The summed E-state index contributed by atoms with van der Waals surface area (Å²) in [6, 6.07) is 31.6. The van der Waals surface area contributed by atoms with E-state index in [-0.39, 0.29) is 5.56 Å². The van der Waals surface area contributed by atoms with Crippen LogP contribution < -0.4 is 10.1 Å². The Labute approximate surface area is 220 Å². The minimum absolute atomic E-state index is 0.284. The molecule has 1 aromatic heterocycles. The molecule has 38 heavy (non-hydrogen) atoms. The second kappa shape index (κ2) is 11.3. The van der Waals surface area contributed by atoms with Crippen molar-refractivity contribution < 1.29 is 19.1 Å². The molecule has 0 saturated carbocycles. The smallest absolute Gasteiger partial charge is 0.338 e. The lowest BCUT2D eigenvalue weighted by atomic mass is 10.0. The van der Waals surface area contributed by atoms with Crippen molar-refractivity contribution in [2.75, 3.05) is 18.5 Å². The molecule has 1 heterocycles. The summed E-state index contributed by atoms with van der Waals surface area (Å²) in [5.74, 6) is -0.353. The Morgan fingerprint density at radius 1 is 0.737 bits per heavy atom. The van der Waals surface area contributed by atoms with Gasteiger partial charge in [-0.3, -0.25) is 4.79 Å². The van der Waals surface area contributed by atoms with Crippen molar-refractivity contribution in [3.8, 4) is 28.3 Å². The number of amides is 1.